The van der Waals surface area contributed by atoms with E-state index in [4.69, 9.17) is 10.00 Å². The Labute approximate surface area is 83.6 Å². The molecule has 0 unspecified atom stereocenters. The second kappa shape index (κ2) is 4.33. The number of rotatable bonds is 3. The molecule has 0 saturated heterocycles. The summed E-state index contributed by atoms with van der Waals surface area (Å²) >= 11 is 0. The summed E-state index contributed by atoms with van der Waals surface area (Å²) in [7, 11) is 3.40. The summed E-state index contributed by atoms with van der Waals surface area (Å²) in [6.07, 6.45) is 0. The minimum Gasteiger partial charge on any atom is -0.497 e. The summed E-state index contributed by atoms with van der Waals surface area (Å²) in [5.74, 6) is 0.754. The van der Waals surface area contributed by atoms with Crippen LogP contribution in [0.25, 0.3) is 5.57 Å². The van der Waals surface area contributed by atoms with E-state index in [1.165, 1.54) is 0 Å². The Morgan fingerprint density at radius 3 is 2.79 bits per heavy atom. The molecule has 0 fully saturated rings. The first-order valence-corrected chi connectivity index (χ1v) is 4.18. The van der Waals surface area contributed by atoms with Gasteiger partial charge < -0.3 is 10.1 Å². The van der Waals surface area contributed by atoms with Crippen LogP contribution < -0.4 is 10.1 Å². The van der Waals surface area contributed by atoms with Crippen molar-refractivity contribution < 1.29 is 4.74 Å². The smallest absolute Gasteiger partial charge is 0.120 e. The van der Waals surface area contributed by atoms with E-state index in [-0.39, 0.29) is 0 Å². The zero-order valence-electron chi connectivity index (χ0n) is 8.29. The Hall–Kier alpha value is -1.95. The molecule has 0 aromatic heterocycles. The molecule has 0 heterocycles. The van der Waals surface area contributed by atoms with Crippen molar-refractivity contribution in [2.75, 3.05) is 19.5 Å². The Bertz CT molecular complexity index is 391. The Morgan fingerprint density at radius 2 is 2.29 bits per heavy atom. The lowest BCUT2D eigenvalue weighted by atomic mass is 10.1. The minimum atomic E-state index is 0.442. The van der Waals surface area contributed by atoms with Crippen LogP contribution in [0.3, 0.4) is 0 Å². The van der Waals surface area contributed by atoms with Gasteiger partial charge in [0.15, 0.2) is 0 Å². The average molecular weight is 188 g/mol. The fraction of sp³-hybridized carbons (Fsp3) is 0.182. The molecule has 1 rings (SSSR count). The van der Waals surface area contributed by atoms with Crippen molar-refractivity contribution in [3.8, 4) is 11.8 Å². The van der Waals surface area contributed by atoms with E-state index >= 15 is 0 Å². The largest absolute Gasteiger partial charge is 0.497 e. The number of nitrogens with one attached hydrogen (secondary N) is 1. The maximum absolute atomic E-state index is 8.73. The fourth-order valence-corrected chi connectivity index (χ4v) is 1.18. The number of ether oxygens (including phenoxy) is 1. The molecule has 1 aromatic carbocycles. The van der Waals surface area contributed by atoms with Crippen LogP contribution in [0.15, 0.2) is 24.8 Å². The van der Waals surface area contributed by atoms with Crippen molar-refractivity contribution in [2.24, 2.45) is 0 Å². The van der Waals surface area contributed by atoms with Gasteiger partial charge in [0.1, 0.15) is 5.75 Å². The summed E-state index contributed by atoms with van der Waals surface area (Å²) in [4.78, 5) is 0. The zero-order chi connectivity index (χ0) is 10.6. The first-order chi connectivity index (χ1) is 6.72. The van der Waals surface area contributed by atoms with E-state index < -0.39 is 0 Å². The van der Waals surface area contributed by atoms with Gasteiger partial charge in [-0.25, -0.2) is 0 Å². The van der Waals surface area contributed by atoms with Crippen LogP contribution in [0.4, 0.5) is 5.69 Å². The number of hydrogen-bond acceptors (Lipinski definition) is 3. The normalized spacial score (nSPS) is 8.93. The lowest BCUT2D eigenvalue weighted by Crippen LogP contribution is -1.95. The summed E-state index contributed by atoms with van der Waals surface area (Å²) in [5.41, 5.74) is 2.09. The molecule has 0 aliphatic heterocycles. The molecule has 3 heteroatoms. The summed E-state index contributed by atoms with van der Waals surface area (Å²) in [6, 6.07) is 7.47. The monoisotopic (exact) mass is 188 g/mol. The second-order valence-electron chi connectivity index (χ2n) is 2.75. The molecule has 1 aromatic rings. The Morgan fingerprint density at radius 1 is 1.57 bits per heavy atom. The molecule has 0 atom stereocenters. The van der Waals surface area contributed by atoms with Crippen molar-refractivity contribution in [2.45, 2.75) is 0 Å². The zero-order valence-corrected chi connectivity index (χ0v) is 8.29. The molecule has 0 aliphatic carbocycles. The number of nitriles is 1. The number of nitrogens with zero attached hydrogens (tertiary/aromatic N) is 1. The molecule has 0 spiro atoms. The van der Waals surface area contributed by atoms with Crippen molar-refractivity contribution in [3.63, 3.8) is 0 Å². The predicted octanol–water partition coefficient (Wildman–Crippen LogP) is 2.27. The lowest BCUT2D eigenvalue weighted by molar-refractivity contribution is 0.415. The van der Waals surface area contributed by atoms with E-state index in [0.29, 0.717) is 5.57 Å². The summed E-state index contributed by atoms with van der Waals surface area (Å²) < 4.78 is 5.07. The minimum absolute atomic E-state index is 0.442. The molecule has 1 N–H and O–H groups in total. The van der Waals surface area contributed by atoms with E-state index in [1.54, 1.807) is 20.2 Å². The highest BCUT2D eigenvalue weighted by atomic mass is 16.5. The van der Waals surface area contributed by atoms with Crippen molar-refractivity contribution in [1.29, 1.82) is 5.26 Å². The summed E-state index contributed by atoms with van der Waals surface area (Å²) in [6.45, 7) is 3.67. The average Bonchev–Trinajstić information content (AvgIpc) is 2.27. The Balaban J connectivity index is 3.19. The number of benzene rings is 1. The molecule has 0 bridgehead atoms. The van der Waals surface area contributed by atoms with Crippen molar-refractivity contribution in [3.05, 3.63) is 30.3 Å². The van der Waals surface area contributed by atoms with Gasteiger partial charge in [-0.2, -0.15) is 5.26 Å². The molecule has 0 saturated carbocycles. The van der Waals surface area contributed by atoms with Gasteiger partial charge >= 0.3 is 0 Å². The highest BCUT2D eigenvalue weighted by molar-refractivity contribution is 5.83. The van der Waals surface area contributed by atoms with Crippen LogP contribution in [-0.4, -0.2) is 14.2 Å². The number of allylic oxidation sites excluding steroid dienone is 1. The van der Waals surface area contributed by atoms with Crippen LogP contribution in [0.1, 0.15) is 5.56 Å². The van der Waals surface area contributed by atoms with Crippen LogP contribution >= 0.6 is 0 Å². The number of methoxy groups -OCH3 is 1. The second-order valence-corrected chi connectivity index (χ2v) is 2.75. The fourth-order valence-electron chi connectivity index (χ4n) is 1.18. The summed E-state index contributed by atoms with van der Waals surface area (Å²) in [5, 5.41) is 11.7. The van der Waals surface area contributed by atoms with Gasteiger partial charge in [-0.3, -0.25) is 0 Å². The molecular weight excluding hydrogens is 176 g/mol. The van der Waals surface area contributed by atoms with Gasteiger partial charge in [0, 0.05) is 24.4 Å². The lowest BCUT2D eigenvalue weighted by Gasteiger charge is -2.09. The quantitative estimate of drug-likeness (QED) is 0.740. The van der Waals surface area contributed by atoms with E-state index in [9.17, 15) is 0 Å². The van der Waals surface area contributed by atoms with Gasteiger partial charge in [-0.15, -0.1) is 0 Å². The van der Waals surface area contributed by atoms with Gasteiger partial charge in [-0.1, -0.05) is 6.58 Å². The molecule has 0 aliphatic rings. The molecular formula is C11H12N2O. The van der Waals surface area contributed by atoms with Gasteiger partial charge in [0.25, 0.3) is 0 Å². The molecule has 0 radical (unpaired) electrons. The van der Waals surface area contributed by atoms with Gasteiger partial charge in [-0.05, 0) is 12.1 Å². The first kappa shape index (κ1) is 10.1. The maximum atomic E-state index is 8.73. The van der Waals surface area contributed by atoms with Gasteiger partial charge in [0.05, 0.1) is 18.8 Å². The van der Waals surface area contributed by atoms with Crippen molar-refractivity contribution >= 4 is 11.3 Å². The van der Waals surface area contributed by atoms with Crippen LogP contribution in [0, 0.1) is 11.3 Å². The standard InChI is InChI=1S/C11H12N2O/c1-8(7-12)10-5-4-9(14-3)6-11(10)13-2/h4-6,13H,1H2,2-3H3. The maximum Gasteiger partial charge on any atom is 0.120 e. The molecule has 14 heavy (non-hydrogen) atoms. The first-order valence-electron chi connectivity index (χ1n) is 4.18. The van der Waals surface area contributed by atoms with E-state index in [2.05, 4.69) is 11.9 Å². The third kappa shape index (κ3) is 1.86. The molecule has 72 valence electrons. The van der Waals surface area contributed by atoms with Gasteiger partial charge in [0.2, 0.25) is 0 Å². The predicted molar refractivity (Wildman–Crippen MR) is 57.2 cm³/mol. The number of anilines is 1. The topological polar surface area (TPSA) is 45.0 Å². The van der Waals surface area contributed by atoms with Crippen LogP contribution in [0.5, 0.6) is 5.75 Å². The third-order valence-corrected chi connectivity index (χ3v) is 1.96. The number of hydrogen-bond donors (Lipinski definition) is 1. The highest BCUT2D eigenvalue weighted by Crippen LogP contribution is 2.26. The molecule has 0 amide bonds. The van der Waals surface area contributed by atoms with Crippen molar-refractivity contribution in [1.82, 2.24) is 0 Å². The highest BCUT2D eigenvalue weighted by Gasteiger charge is 2.05. The SMILES string of the molecule is C=C(C#N)c1ccc(OC)cc1NC. The van der Waals surface area contributed by atoms with Crippen LogP contribution in [-0.2, 0) is 0 Å². The Kier molecular flexibility index (Phi) is 3.14. The van der Waals surface area contributed by atoms with E-state index in [0.717, 1.165) is 17.0 Å². The van der Waals surface area contributed by atoms with E-state index in [1.807, 2.05) is 18.2 Å². The van der Waals surface area contributed by atoms with Crippen LogP contribution in [0.2, 0.25) is 0 Å². The molecule has 3 nitrogen and oxygen atoms in total. The third-order valence-electron chi connectivity index (χ3n) is 1.96.